The van der Waals surface area contributed by atoms with Crippen LogP contribution < -0.4 is 15.5 Å². The second-order valence-corrected chi connectivity index (χ2v) is 5.45. The fourth-order valence-corrected chi connectivity index (χ4v) is 2.68. The molecule has 0 saturated carbocycles. The molecule has 2 N–H and O–H groups in total. The Morgan fingerprint density at radius 1 is 1.32 bits per heavy atom. The van der Waals surface area contributed by atoms with Crippen molar-refractivity contribution in [2.75, 3.05) is 11.9 Å². The lowest BCUT2D eigenvalue weighted by Gasteiger charge is -2.21. The summed E-state index contributed by atoms with van der Waals surface area (Å²) in [7, 11) is 1.69. The number of piperidine rings is 1. The van der Waals surface area contributed by atoms with Crippen LogP contribution in [0.4, 0.5) is 5.69 Å². The van der Waals surface area contributed by atoms with Crippen LogP contribution in [0.1, 0.15) is 28.8 Å². The quantitative estimate of drug-likeness (QED) is 0.736. The number of benzene rings is 1. The van der Waals surface area contributed by atoms with E-state index in [1.807, 2.05) is 0 Å². The van der Waals surface area contributed by atoms with Gasteiger partial charge in [0.15, 0.2) is 0 Å². The molecule has 0 aliphatic carbocycles. The fourth-order valence-electron chi connectivity index (χ4n) is 2.68. The van der Waals surface area contributed by atoms with E-state index in [2.05, 4.69) is 10.6 Å². The van der Waals surface area contributed by atoms with Crippen molar-refractivity contribution in [3.8, 4) is 0 Å². The van der Waals surface area contributed by atoms with Crippen LogP contribution in [0.25, 0.3) is 0 Å². The molecular weight excluding hydrogens is 286 g/mol. The lowest BCUT2D eigenvalue weighted by molar-refractivity contribution is -0.134. The number of anilines is 1. The van der Waals surface area contributed by atoms with Gasteiger partial charge in [0.05, 0.1) is 6.42 Å². The van der Waals surface area contributed by atoms with Crippen LogP contribution in [0.15, 0.2) is 18.2 Å². The third kappa shape index (κ3) is 2.45. The van der Waals surface area contributed by atoms with Crippen LogP contribution in [-0.4, -0.2) is 36.7 Å². The van der Waals surface area contributed by atoms with Gasteiger partial charge in [-0.1, -0.05) is 0 Å². The van der Waals surface area contributed by atoms with E-state index in [0.717, 1.165) is 11.3 Å². The first-order valence-corrected chi connectivity index (χ1v) is 7.00. The molecule has 0 spiro atoms. The van der Waals surface area contributed by atoms with Crippen molar-refractivity contribution in [3.63, 3.8) is 0 Å². The number of hydrogen-bond acceptors (Lipinski definition) is 4. The van der Waals surface area contributed by atoms with Gasteiger partial charge >= 0.3 is 0 Å². The average molecular weight is 301 g/mol. The molecule has 1 fully saturated rings. The van der Waals surface area contributed by atoms with Gasteiger partial charge in [-0.15, -0.1) is 0 Å². The largest absolute Gasteiger partial charge is 0.340 e. The summed E-state index contributed by atoms with van der Waals surface area (Å²) < 4.78 is 0. The molecule has 1 atom stereocenters. The maximum absolute atomic E-state index is 12.2. The standard InChI is InChI=1S/C15H15N3O4/c1-18-11-4-2-8(6-9(11)7-13(18)20)14(21)16-10-3-5-12(19)17-15(10)22/h2,4,6,10H,3,5,7H2,1H3,(H,16,21)(H,17,19,22). The molecule has 1 unspecified atom stereocenters. The van der Waals surface area contributed by atoms with Crippen molar-refractivity contribution in [1.29, 1.82) is 0 Å². The molecule has 22 heavy (non-hydrogen) atoms. The lowest BCUT2D eigenvalue weighted by Crippen LogP contribution is -2.52. The van der Waals surface area contributed by atoms with Crippen molar-refractivity contribution < 1.29 is 19.2 Å². The first-order chi connectivity index (χ1) is 10.5. The van der Waals surface area contributed by atoms with E-state index in [1.54, 1.807) is 30.1 Å². The molecule has 0 aromatic heterocycles. The van der Waals surface area contributed by atoms with Gasteiger partial charge in [0.2, 0.25) is 17.7 Å². The number of carbonyl (C=O) groups is 4. The Balaban J connectivity index is 1.74. The maximum atomic E-state index is 12.2. The zero-order valence-corrected chi connectivity index (χ0v) is 12.0. The van der Waals surface area contributed by atoms with Crippen LogP contribution in [-0.2, 0) is 20.8 Å². The summed E-state index contributed by atoms with van der Waals surface area (Å²) in [5.41, 5.74) is 1.98. The minimum Gasteiger partial charge on any atom is -0.340 e. The summed E-state index contributed by atoms with van der Waals surface area (Å²) >= 11 is 0. The van der Waals surface area contributed by atoms with Gasteiger partial charge in [0.25, 0.3) is 5.91 Å². The predicted molar refractivity (Wildman–Crippen MR) is 77.2 cm³/mol. The van der Waals surface area contributed by atoms with Crippen molar-refractivity contribution in [2.45, 2.75) is 25.3 Å². The summed E-state index contributed by atoms with van der Waals surface area (Å²) in [4.78, 5) is 48.2. The highest BCUT2D eigenvalue weighted by atomic mass is 16.2. The Hall–Kier alpha value is -2.70. The van der Waals surface area contributed by atoms with Crippen LogP contribution in [0.3, 0.4) is 0 Å². The second kappa shape index (κ2) is 5.25. The molecule has 1 saturated heterocycles. The van der Waals surface area contributed by atoms with E-state index in [9.17, 15) is 19.2 Å². The van der Waals surface area contributed by atoms with E-state index in [-0.39, 0.29) is 30.6 Å². The smallest absolute Gasteiger partial charge is 0.251 e. The van der Waals surface area contributed by atoms with Gasteiger partial charge in [0, 0.05) is 24.7 Å². The zero-order valence-electron chi connectivity index (χ0n) is 12.0. The number of nitrogens with one attached hydrogen (secondary N) is 2. The van der Waals surface area contributed by atoms with Crippen LogP contribution in [0, 0.1) is 0 Å². The number of amides is 4. The van der Waals surface area contributed by atoms with Crippen molar-refractivity contribution >= 4 is 29.3 Å². The van der Waals surface area contributed by atoms with Gasteiger partial charge in [-0.3, -0.25) is 24.5 Å². The van der Waals surface area contributed by atoms with Crippen LogP contribution in [0.5, 0.6) is 0 Å². The number of fused-ring (bicyclic) bond motifs is 1. The SMILES string of the molecule is CN1C(=O)Cc2cc(C(=O)NC3CCC(=O)NC3=O)ccc21. The molecule has 4 amide bonds. The Bertz CT molecular complexity index is 698. The number of imide groups is 1. The van der Waals surface area contributed by atoms with Crippen molar-refractivity contribution in [1.82, 2.24) is 10.6 Å². The lowest BCUT2D eigenvalue weighted by atomic mass is 10.0. The van der Waals surface area contributed by atoms with Gasteiger partial charge in [-0.2, -0.15) is 0 Å². The molecule has 3 rings (SSSR count). The van der Waals surface area contributed by atoms with E-state index in [0.29, 0.717) is 12.0 Å². The molecule has 2 aliphatic rings. The molecule has 7 heteroatoms. The minimum atomic E-state index is -0.706. The summed E-state index contributed by atoms with van der Waals surface area (Å²) in [6, 6.07) is 4.30. The number of carbonyl (C=O) groups excluding carboxylic acids is 4. The van der Waals surface area contributed by atoms with Crippen LogP contribution in [0.2, 0.25) is 0 Å². The summed E-state index contributed by atoms with van der Waals surface area (Å²) in [5.74, 6) is -1.22. The normalized spacial score (nSPS) is 20.7. The molecule has 2 heterocycles. The number of hydrogen-bond donors (Lipinski definition) is 2. The minimum absolute atomic E-state index is 0.0160. The molecule has 1 aromatic rings. The van der Waals surface area contributed by atoms with Gasteiger partial charge < -0.3 is 10.2 Å². The highest BCUT2D eigenvalue weighted by Crippen LogP contribution is 2.28. The number of rotatable bonds is 2. The third-order valence-electron chi connectivity index (χ3n) is 3.96. The highest BCUT2D eigenvalue weighted by Gasteiger charge is 2.29. The third-order valence-corrected chi connectivity index (χ3v) is 3.96. The monoisotopic (exact) mass is 301 g/mol. The molecule has 2 aliphatic heterocycles. The fraction of sp³-hybridized carbons (Fsp3) is 0.333. The van der Waals surface area contributed by atoms with Gasteiger partial charge in [0.1, 0.15) is 6.04 Å². The second-order valence-electron chi connectivity index (χ2n) is 5.45. The number of nitrogens with zero attached hydrogens (tertiary/aromatic N) is 1. The summed E-state index contributed by atoms with van der Waals surface area (Å²) in [5, 5.41) is 4.81. The summed E-state index contributed by atoms with van der Waals surface area (Å²) in [6.45, 7) is 0. The predicted octanol–water partition coefficient (Wildman–Crippen LogP) is -0.259. The van der Waals surface area contributed by atoms with Gasteiger partial charge in [-0.05, 0) is 30.2 Å². The molecule has 0 bridgehead atoms. The van der Waals surface area contributed by atoms with E-state index >= 15 is 0 Å². The zero-order chi connectivity index (χ0) is 15.9. The molecule has 114 valence electrons. The topological polar surface area (TPSA) is 95.6 Å². The Morgan fingerprint density at radius 3 is 2.82 bits per heavy atom. The van der Waals surface area contributed by atoms with E-state index in [4.69, 9.17) is 0 Å². The molecule has 7 nitrogen and oxygen atoms in total. The average Bonchev–Trinajstić information content (AvgIpc) is 2.76. The Kier molecular flexibility index (Phi) is 3.40. The first kappa shape index (κ1) is 14.2. The molecule has 1 aromatic carbocycles. The highest BCUT2D eigenvalue weighted by molar-refractivity contribution is 6.05. The Labute approximate surface area is 126 Å². The van der Waals surface area contributed by atoms with Crippen molar-refractivity contribution in [2.24, 2.45) is 0 Å². The first-order valence-electron chi connectivity index (χ1n) is 7.00. The summed E-state index contributed by atoms with van der Waals surface area (Å²) in [6.07, 6.45) is 0.772. The van der Waals surface area contributed by atoms with Gasteiger partial charge in [-0.25, -0.2) is 0 Å². The molecular formula is C15H15N3O4. The Morgan fingerprint density at radius 2 is 2.09 bits per heavy atom. The maximum Gasteiger partial charge on any atom is 0.251 e. The van der Waals surface area contributed by atoms with Crippen LogP contribution >= 0.6 is 0 Å². The molecule has 0 radical (unpaired) electrons. The number of likely N-dealkylation sites (N-methyl/N-ethyl adjacent to an activating group) is 1. The van der Waals surface area contributed by atoms with E-state index < -0.39 is 11.9 Å². The van der Waals surface area contributed by atoms with Crippen molar-refractivity contribution in [3.05, 3.63) is 29.3 Å². The van der Waals surface area contributed by atoms with E-state index in [1.165, 1.54) is 0 Å².